The highest BCUT2D eigenvalue weighted by Crippen LogP contribution is 2.32. The Morgan fingerprint density at radius 1 is 0.968 bits per heavy atom. The molecule has 162 valence electrons. The summed E-state index contributed by atoms with van der Waals surface area (Å²) in [6.45, 7) is 3.36. The molecule has 0 unspecified atom stereocenters. The summed E-state index contributed by atoms with van der Waals surface area (Å²) in [5.41, 5.74) is 2.17. The molecule has 0 spiro atoms. The Balaban J connectivity index is 1.94. The molecule has 1 N–H and O–H groups in total. The molecule has 1 amide bonds. The van der Waals surface area contributed by atoms with Gasteiger partial charge in [-0.05, 0) is 43.7 Å². The second kappa shape index (κ2) is 9.66. The van der Waals surface area contributed by atoms with Crippen LogP contribution in [0.5, 0.6) is 5.75 Å². The lowest BCUT2D eigenvalue weighted by Gasteiger charge is -2.26. The van der Waals surface area contributed by atoms with Gasteiger partial charge in [-0.15, -0.1) is 0 Å². The number of anilines is 1. The van der Waals surface area contributed by atoms with Crippen molar-refractivity contribution in [1.82, 2.24) is 5.32 Å². The van der Waals surface area contributed by atoms with Crippen LogP contribution < -0.4 is 14.4 Å². The SMILES string of the molecule is COc1ccccc1N(CC(=O)N[C@@H](C)c1ccccc1)S(=O)(=O)c1ccc(C)cc1. The number of carbonyl (C=O) groups excluding carboxylic acids is 1. The van der Waals surface area contributed by atoms with E-state index in [4.69, 9.17) is 4.74 Å². The van der Waals surface area contributed by atoms with Crippen LogP contribution in [0.4, 0.5) is 5.69 Å². The molecule has 0 fully saturated rings. The first-order chi connectivity index (χ1) is 14.8. The summed E-state index contributed by atoms with van der Waals surface area (Å²) >= 11 is 0. The Labute approximate surface area is 183 Å². The number of nitrogens with one attached hydrogen (secondary N) is 1. The van der Waals surface area contributed by atoms with Crippen LogP contribution in [-0.2, 0) is 14.8 Å². The number of methoxy groups -OCH3 is 1. The lowest BCUT2D eigenvalue weighted by atomic mass is 10.1. The summed E-state index contributed by atoms with van der Waals surface area (Å²) in [5, 5.41) is 2.88. The van der Waals surface area contributed by atoms with Crippen molar-refractivity contribution < 1.29 is 17.9 Å². The van der Waals surface area contributed by atoms with Crippen LogP contribution in [0.2, 0.25) is 0 Å². The highest BCUT2D eigenvalue weighted by molar-refractivity contribution is 7.92. The van der Waals surface area contributed by atoms with E-state index in [1.807, 2.05) is 44.2 Å². The predicted octanol–water partition coefficient (Wildman–Crippen LogP) is 4.08. The third-order valence-electron chi connectivity index (χ3n) is 4.93. The number of rotatable bonds is 8. The number of nitrogens with zero attached hydrogens (tertiary/aromatic N) is 1. The average Bonchev–Trinajstić information content (AvgIpc) is 2.78. The van der Waals surface area contributed by atoms with Crippen molar-refractivity contribution >= 4 is 21.6 Å². The van der Waals surface area contributed by atoms with Crippen LogP contribution in [0.3, 0.4) is 0 Å². The van der Waals surface area contributed by atoms with Gasteiger partial charge in [-0.2, -0.15) is 0 Å². The molecule has 6 nitrogen and oxygen atoms in total. The molecule has 31 heavy (non-hydrogen) atoms. The molecule has 0 aliphatic carbocycles. The maximum Gasteiger partial charge on any atom is 0.264 e. The highest BCUT2D eigenvalue weighted by atomic mass is 32.2. The van der Waals surface area contributed by atoms with E-state index in [-0.39, 0.29) is 17.5 Å². The standard InChI is InChI=1S/C24H26N2O4S/c1-18-13-15-21(16-14-18)31(28,29)26(22-11-7-8-12-23(22)30-3)17-24(27)25-19(2)20-9-5-4-6-10-20/h4-16,19H,17H2,1-3H3,(H,25,27)/t19-/m0/s1. The lowest BCUT2D eigenvalue weighted by molar-refractivity contribution is -0.120. The highest BCUT2D eigenvalue weighted by Gasteiger charge is 2.29. The van der Waals surface area contributed by atoms with Crippen molar-refractivity contribution in [3.63, 3.8) is 0 Å². The van der Waals surface area contributed by atoms with Crippen LogP contribution in [0, 0.1) is 6.92 Å². The molecule has 0 aromatic heterocycles. The second-order valence-electron chi connectivity index (χ2n) is 7.20. The summed E-state index contributed by atoms with van der Waals surface area (Å²) in [4.78, 5) is 13.0. The number of para-hydroxylation sites is 2. The molecule has 0 radical (unpaired) electrons. The van der Waals surface area contributed by atoms with Crippen molar-refractivity contribution in [3.8, 4) is 5.75 Å². The van der Waals surface area contributed by atoms with Crippen LogP contribution >= 0.6 is 0 Å². The molecular formula is C24H26N2O4S. The van der Waals surface area contributed by atoms with Crippen molar-refractivity contribution in [1.29, 1.82) is 0 Å². The van der Waals surface area contributed by atoms with Gasteiger partial charge in [0.15, 0.2) is 0 Å². The minimum atomic E-state index is -4.01. The fourth-order valence-corrected chi connectivity index (χ4v) is 4.65. The summed E-state index contributed by atoms with van der Waals surface area (Å²) < 4.78 is 33.4. The molecule has 1 atom stereocenters. The van der Waals surface area contributed by atoms with Crippen LogP contribution in [-0.4, -0.2) is 28.0 Å². The van der Waals surface area contributed by atoms with Crippen LogP contribution in [0.1, 0.15) is 24.1 Å². The van der Waals surface area contributed by atoms with Crippen molar-refractivity contribution in [2.24, 2.45) is 0 Å². The lowest BCUT2D eigenvalue weighted by Crippen LogP contribution is -2.41. The van der Waals surface area contributed by atoms with Crippen LogP contribution in [0.25, 0.3) is 0 Å². The fourth-order valence-electron chi connectivity index (χ4n) is 3.22. The molecule has 3 aromatic carbocycles. The van der Waals surface area contributed by atoms with Crippen molar-refractivity contribution in [3.05, 3.63) is 90.0 Å². The summed E-state index contributed by atoms with van der Waals surface area (Å²) in [5.74, 6) is -0.0555. The molecule has 7 heteroatoms. The number of amides is 1. The number of benzene rings is 3. The first-order valence-corrected chi connectivity index (χ1v) is 11.3. The average molecular weight is 439 g/mol. The topological polar surface area (TPSA) is 75.7 Å². The number of aryl methyl sites for hydroxylation is 1. The molecule has 0 saturated carbocycles. The van der Waals surface area contributed by atoms with E-state index >= 15 is 0 Å². The predicted molar refractivity (Wildman–Crippen MR) is 122 cm³/mol. The van der Waals surface area contributed by atoms with E-state index in [1.165, 1.54) is 19.2 Å². The Kier molecular flexibility index (Phi) is 6.97. The number of sulfonamides is 1. The van der Waals surface area contributed by atoms with E-state index in [0.717, 1.165) is 15.4 Å². The minimum Gasteiger partial charge on any atom is -0.495 e. The molecule has 0 heterocycles. The Bertz CT molecular complexity index is 1130. The molecule has 0 aliphatic rings. The van der Waals surface area contributed by atoms with Gasteiger partial charge in [-0.3, -0.25) is 9.10 Å². The van der Waals surface area contributed by atoms with Gasteiger partial charge < -0.3 is 10.1 Å². The summed E-state index contributed by atoms with van der Waals surface area (Å²) in [7, 11) is -2.54. The minimum absolute atomic E-state index is 0.105. The molecular weight excluding hydrogens is 412 g/mol. The van der Waals surface area contributed by atoms with E-state index in [1.54, 1.807) is 36.4 Å². The fraction of sp³-hybridized carbons (Fsp3) is 0.208. The van der Waals surface area contributed by atoms with E-state index in [0.29, 0.717) is 11.4 Å². The first kappa shape index (κ1) is 22.4. The largest absolute Gasteiger partial charge is 0.495 e. The third-order valence-corrected chi connectivity index (χ3v) is 6.70. The monoisotopic (exact) mass is 438 g/mol. The Morgan fingerprint density at radius 2 is 1.58 bits per heavy atom. The Hall–Kier alpha value is -3.32. The maximum absolute atomic E-state index is 13.5. The van der Waals surface area contributed by atoms with Gasteiger partial charge in [-0.1, -0.05) is 60.2 Å². The third kappa shape index (κ3) is 5.24. The normalized spacial score (nSPS) is 12.1. The molecule has 0 aliphatic heterocycles. The number of hydrogen-bond donors (Lipinski definition) is 1. The number of hydrogen-bond acceptors (Lipinski definition) is 4. The van der Waals surface area contributed by atoms with Gasteiger partial charge in [0.1, 0.15) is 12.3 Å². The van der Waals surface area contributed by atoms with Gasteiger partial charge >= 0.3 is 0 Å². The maximum atomic E-state index is 13.5. The molecule has 3 aromatic rings. The van der Waals surface area contributed by atoms with Gasteiger partial charge in [0, 0.05) is 0 Å². The van der Waals surface area contributed by atoms with Gasteiger partial charge in [-0.25, -0.2) is 8.42 Å². The molecule has 0 saturated heterocycles. The zero-order valence-corrected chi connectivity index (χ0v) is 18.6. The van der Waals surface area contributed by atoms with E-state index < -0.39 is 15.9 Å². The van der Waals surface area contributed by atoms with Gasteiger partial charge in [0.05, 0.1) is 23.7 Å². The first-order valence-electron chi connectivity index (χ1n) is 9.89. The number of ether oxygens (including phenoxy) is 1. The zero-order valence-electron chi connectivity index (χ0n) is 17.8. The molecule has 3 rings (SSSR count). The quantitative estimate of drug-likeness (QED) is 0.575. The summed E-state index contributed by atoms with van der Waals surface area (Å²) in [6, 6.07) is 22.5. The smallest absolute Gasteiger partial charge is 0.264 e. The van der Waals surface area contributed by atoms with Crippen molar-refractivity contribution in [2.75, 3.05) is 18.0 Å². The van der Waals surface area contributed by atoms with E-state index in [9.17, 15) is 13.2 Å². The molecule has 0 bridgehead atoms. The second-order valence-corrected chi connectivity index (χ2v) is 9.06. The Morgan fingerprint density at radius 3 is 2.23 bits per heavy atom. The van der Waals surface area contributed by atoms with Gasteiger partial charge in [0.2, 0.25) is 5.91 Å². The van der Waals surface area contributed by atoms with Gasteiger partial charge in [0.25, 0.3) is 10.0 Å². The van der Waals surface area contributed by atoms with Crippen molar-refractivity contribution in [2.45, 2.75) is 24.8 Å². The summed E-state index contributed by atoms with van der Waals surface area (Å²) in [6.07, 6.45) is 0. The number of carbonyl (C=O) groups is 1. The zero-order chi connectivity index (χ0) is 22.4. The van der Waals surface area contributed by atoms with E-state index in [2.05, 4.69) is 5.32 Å². The van der Waals surface area contributed by atoms with Crippen LogP contribution in [0.15, 0.2) is 83.8 Å².